The molecule has 0 aliphatic carbocycles. The van der Waals surface area contributed by atoms with E-state index in [0.717, 1.165) is 37.4 Å². The molecule has 0 radical (unpaired) electrons. The maximum absolute atomic E-state index is 11.6. The molecule has 3 rings (SSSR count). The molecule has 22 heavy (non-hydrogen) atoms. The average molecular weight is 318 g/mol. The minimum Gasteiger partial charge on any atom is -0.342 e. The van der Waals surface area contributed by atoms with Gasteiger partial charge in [0.2, 0.25) is 11.0 Å². The fourth-order valence-electron chi connectivity index (χ4n) is 2.71. The molecular weight excluding hydrogens is 300 g/mol. The molecule has 0 saturated carbocycles. The number of aromatic nitrogens is 4. The summed E-state index contributed by atoms with van der Waals surface area (Å²) < 4.78 is 0. The minimum absolute atomic E-state index is 0.127. The summed E-state index contributed by atoms with van der Waals surface area (Å²) >= 11 is 1.42. The summed E-state index contributed by atoms with van der Waals surface area (Å²) in [5.41, 5.74) is 2.65. The fourth-order valence-corrected chi connectivity index (χ4v) is 3.16. The van der Waals surface area contributed by atoms with E-state index in [2.05, 4.69) is 25.5 Å². The lowest BCUT2D eigenvalue weighted by Crippen LogP contribution is -2.37. The number of anilines is 2. The Morgan fingerprint density at radius 2 is 2.32 bits per heavy atom. The number of likely N-dealkylation sites (tertiary alicyclic amines) is 1. The maximum Gasteiger partial charge on any atom is 0.219 e. The lowest BCUT2D eigenvalue weighted by molar-refractivity contribution is -0.130. The van der Waals surface area contributed by atoms with Crippen LogP contribution in [-0.4, -0.2) is 44.1 Å². The third-order valence-corrected chi connectivity index (χ3v) is 4.34. The summed E-state index contributed by atoms with van der Waals surface area (Å²) in [5.74, 6) is 1.82. The molecule has 7 nitrogen and oxygen atoms in total. The number of hydrogen-bond acceptors (Lipinski definition) is 7. The Bertz CT molecular complexity index is 659. The Hall–Kier alpha value is -2.09. The van der Waals surface area contributed by atoms with Gasteiger partial charge in [-0.05, 0) is 19.8 Å². The first kappa shape index (κ1) is 14.8. The predicted molar refractivity (Wildman–Crippen MR) is 84.2 cm³/mol. The first-order valence-electron chi connectivity index (χ1n) is 7.26. The summed E-state index contributed by atoms with van der Waals surface area (Å²) in [7, 11) is 0. The van der Waals surface area contributed by atoms with E-state index < -0.39 is 0 Å². The second-order valence-electron chi connectivity index (χ2n) is 5.40. The van der Waals surface area contributed by atoms with Crippen molar-refractivity contribution in [2.24, 2.45) is 0 Å². The number of carbonyl (C=O) groups excluding carboxylic acids is 1. The van der Waals surface area contributed by atoms with Crippen molar-refractivity contribution >= 4 is 28.2 Å². The number of carbonyl (C=O) groups is 1. The monoisotopic (exact) mass is 318 g/mol. The van der Waals surface area contributed by atoms with E-state index in [-0.39, 0.29) is 11.8 Å². The highest BCUT2D eigenvalue weighted by Crippen LogP contribution is 2.27. The normalized spacial score (nSPS) is 18.3. The highest BCUT2D eigenvalue weighted by Gasteiger charge is 2.24. The summed E-state index contributed by atoms with van der Waals surface area (Å²) in [6.07, 6.45) is 2.05. The molecule has 1 aliphatic heterocycles. The van der Waals surface area contributed by atoms with Gasteiger partial charge >= 0.3 is 0 Å². The molecule has 1 atom stereocenters. The van der Waals surface area contributed by atoms with Crippen LogP contribution < -0.4 is 5.32 Å². The van der Waals surface area contributed by atoms with Crippen molar-refractivity contribution in [3.05, 3.63) is 23.1 Å². The van der Waals surface area contributed by atoms with Gasteiger partial charge in [0.1, 0.15) is 17.2 Å². The van der Waals surface area contributed by atoms with Crippen molar-refractivity contribution in [2.75, 3.05) is 18.4 Å². The largest absolute Gasteiger partial charge is 0.342 e. The van der Waals surface area contributed by atoms with Gasteiger partial charge in [0.25, 0.3) is 0 Å². The van der Waals surface area contributed by atoms with E-state index in [0.29, 0.717) is 11.0 Å². The number of nitrogens with zero attached hydrogens (tertiary/aromatic N) is 5. The second-order valence-corrected chi connectivity index (χ2v) is 6.23. The van der Waals surface area contributed by atoms with Gasteiger partial charge in [0.05, 0.1) is 5.69 Å². The molecule has 1 fully saturated rings. The number of amides is 1. The molecule has 1 N–H and O–H groups in total. The van der Waals surface area contributed by atoms with Crippen LogP contribution >= 0.6 is 11.3 Å². The molecule has 8 heteroatoms. The van der Waals surface area contributed by atoms with Crippen LogP contribution in [0.25, 0.3) is 0 Å². The van der Waals surface area contributed by atoms with Crippen LogP contribution in [0.1, 0.15) is 37.2 Å². The third kappa shape index (κ3) is 3.38. The van der Waals surface area contributed by atoms with Crippen LogP contribution in [0.4, 0.5) is 10.9 Å². The van der Waals surface area contributed by atoms with Gasteiger partial charge in [0, 0.05) is 32.0 Å². The summed E-state index contributed by atoms with van der Waals surface area (Å²) in [6.45, 7) is 5.06. The SMILES string of the molecule is CC(=O)N1CCC[C@@H](c2cc(Nc3nncs3)nc(C)n2)C1. The maximum atomic E-state index is 11.6. The van der Waals surface area contributed by atoms with Gasteiger partial charge in [-0.15, -0.1) is 10.2 Å². The molecule has 2 aromatic rings. The molecule has 1 aliphatic rings. The zero-order valence-electron chi connectivity index (χ0n) is 12.6. The quantitative estimate of drug-likeness (QED) is 0.933. The van der Waals surface area contributed by atoms with Gasteiger partial charge in [0.15, 0.2) is 0 Å². The van der Waals surface area contributed by atoms with Gasteiger partial charge in [-0.2, -0.15) is 0 Å². The first-order valence-corrected chi connectivity index (χ1v) is 8.14. The minimum atomic E-state index is 0.127. The molecule has 3 heterocycles. The van der Waals surface area contributed by atoms with Crippen LogP contribution in [-0.2, 0) is 4.79 Å². The summed E-state index contributed by atoms with van der Waals surface area (Å²) in [5, 5.41) is 11.6. The zero-order valence-corrected chi connectivity index (χ0v) is 13.4. The second kappa shape index (κ2) is 6.35. The van der Waals surface area contributed by atoms with E-state index in [1.54, 1.807) is 12.4 Å². The van der Waals surface area contributed by atoms with Crippen molar-refractivity contribution in [3.63, 3.8) is 0 Å². The van der Waals surface area contributed by atoms with Gasteiger partial charge in [-0.1, -0.05) is 11.3 Å². The molecular formula is C14H18N6OS. The van der Waals surface area contributed by atoms with Crippen LogP contribution in [0.15, 0.2) is 11.6 Å². The van der Waals surface area contributed by atoms with E-state index in [9.17, 15) is 4.79 Å². The van der Waals surface area contributed by atoms with Crippen molar-refractivity contribution in [3.8, 4) is 0 Å². The standard InChI is InChI=1S/C14H18N6OS/c1-9-16-12(11-4-3-5-20(7-11)10(2)21)6-13(17-9)18-14-19-15-8-22-14/h6,8,11H,3-5,7H2,1-2H3,(H,16,17,18,19)/t11-/m1/s1. The predicted octanol–water partition coefficient (Wildman–Crippen LogP) is 2.11. The topological polar surface area (TPSA) is 83.9 Å². The lowest BCUT2D eigenvalue weighted by Gasteiger charge is -2.31. The highest BCUT2D eigenvalue weighted by atomic mass is 32.1. The van der Waals surface area contributed by atoms with Crippen LogP contribution in [0.3, 0.4) is 0 Å². The number of nitrogens with one attached hydrogen (secondary N) is 1. The van der Waals surface area contributed by atoms with Gasteiger partial charge in [-0.25, -0.2) is 9.97 Å². The third-order valence-electron chi connectivity index (χ3n) is 3.74. The Morgan fingerprint density at radius 3 is 3.05 bits per heavy atom. The van der Waals surface area contributed by atoms with Crippen LogP contribution in [0, 0.1) is 6.92 Å². The molecule has 1 amide bonds. The van der Waals surface area contributed by atoms with Crippen LogP contribution in [0.5, 0.6) is 0 Å². The number of hydrogen-bond donors (Lipinski definition) is 1. The van der Waals surface area contributed by atoms with Gasteiger partial charge < -0.3 is 10.2 Å². The smallest absolute Gasteiger partial charge is 0.219 e. The molecule has 2 aromatic heterocycles. The van der Waals surface area contributed by atoms with Crippen molar-refractivity contribution < 1.29 is 4.79 Å². The highest BCUT2D eigenvalue weighted by molar-refractivity contribution is 7.13. The molecule has 0 spiro atoms. The molecule has 0 unspecified atom stereocenters. The molecule has 116 valence electrons. The number of rotatable bonds is 3. The van der Waals surface area contributed by atoms with Crippen molar-refractivity contribution in [2.45, 2.75) is 32.6 Å². The fraction of sp³-hybridized carbons (Fsp3) is 0.500. The molecule has 0 bridgehead atoms. The Labute approximate surface area is 132 Å². The first-order chi connectivity index (χ1) is 10.6. The summed E-state index contributed by atoms with van der Waals surface area (Å²) in [4.78, 5) is 22.4. The van der Waals surface area contributed by atoms with E-state index in [1.165, 1.54) is 11.3 Å². The number of piperidine rings is 1. The average Bonchev–Trinajstić information content (AvgIpc) is 2.99. The molecule has 1 saturated heterocycles. The van der Waals surface area contributed by atoms with Crippen molar-refractivity contribution in [1.29, 1.82) is 0 Å². The Morgan fingerprint density at radius 1 is 1.45 bits per heavy atom. The van der Waals surface area contributed by atoms with Crippen molar-refractivity contribution in [1.82, 2.24) is 25.1 Å². The van der Waals surface area contributed by atoms with E-state index in [1.807, 2.05) is 17.9 Å². The molecule has 0 aromatic carbocycles. The van der Waals surface area contributed by atoms with Crippen LogP contribution in [0.2, 0.25) is 0 Å². The number of aryl methyl sites for hydroxylation is 1. The Kier molecular flexibility index (Phi) is 4.28. The lowest BCUT2D eigenvalue weighted by atomic mass is 9.94. The summed E-state index contributed by atoms with van der Waals surface area (Å²) in [6, 6.07) is 1.95. The van der Waals surface area contributed by atoms with E-state index >= 15 is 0 Å². The zero-order chi connectivity index (χ0) is 15.5. The Balaban J connectivity index is 1.81. The van der Waals surface area contributed by atoms with Gasteiger partial charge in [-0.3, -0.25) is 4.79 Å². The van der Waals surface area contributed by atoms with E-state index in [4.69, 9.17) is 0 Å².